The SMILES string of the molecule is c1ccc(-c2ccc(-c3cccc(-n4c5ccccc5c5c6c7ccccc7n(-c7ccc8c9ccccc9n(-c9nc(-c%10ccccc%10)cc(-c%10ccccc%10)n9)c8c7)c6ccc54)c3)cc2)cc1. The summed E-state index contributed by atoms with van der Waals surface area (Å²) >= 11 is 0. The molecule has 0 bridgehead atoms. The highest BCUT2D eigenvalue weighted by atomic mass is 15.2. The summed E-state index contributed by atoms with van der Waals surface area (Å²) in [6.07, 6.45) is 0. The van der Waals surface area contributed by atoms with E-state index in [1.165, 1.54) is 54.8 Å². The Bertz CT molecular complexity index is 4220. The maximum Gasteiger partial charge on any atom is 0.235 e. The van der Waals surface area contributed by atoms with Gasteiger partial charge in [-0.25, -0.2) is 9.97 Å². The standard InChI is InChI=1S/C64H41N5/c1-4-17-42(18-5-1)43-31-33-44(34-32-43)47-23-16-24-48(39-47)67-57-29-14-11-26-52(57)62-59(67)37-38-60-63(62)53-27-12-15-30-58(53)68(60)49-35-36-51-50-25-10-13-28-56(50)69(61(51)40-49)64-65-54(45-19-6-2-7-20-45)41-55(66-64)46-21-8-3-9-22-46/h1-41H. The van der Waals surface area contributed by atoms with Gasteiger partial charge in [0.1, 0.15) is 0 Å². The number of hydrogen-bond acceptors (Lipinski definition) is 2. The minimum absolute atomic E-state index is 0.628. The van der Waals surface area contributed by atoms with Crippen LogP contribution in [0.25, 0.3) is 128 Å². The van der Waals surface area contributed by atoms with Gasteiger partial charge >= 0.3 is 0 Å². The second-order valence-electron chi connectivity index (χ2n) is 17.8. The van der Waals surface area contributed by atoms with Crippen molar-refractivity contribution in [3.8, 4) is 62.1 Å². The minimum atomic E-state index is 0.628. The van der Waals surface area contributed by atoms with Crippen LogP contribution in [0.2, 0.25) is 0 Å². The van der Waals surface area contributed by atoms with E-state index >= 15 is 0 Å². The molecule has 0 aliphatic heterocycles. The second-order valence-corrected chi connectivity index (χ2v) is 17.8. The van der Waals surface area contributed by atoms with Gasteiger partial charge in [0, 0.05) is 54.8 Å². The lowest BCUT2D eigenvalue weighted by Gasteiger charge is -2.13. The second kappa shape index (κ2) is 15.7. The molecule has 0 spiro atoms. The average Bonchev–Trinajstić information content (AvgIpc) is 4.07. The summed E-state index contributed by atoms with van der Waals surface area (Å²) in [4.78, 5) is 10.7. The fraction of sp³-hybridized carbons (Fsp3) is 0. The first-order chi connectivity index (χ1) is 34.2. The molecule has 5 heteroatoms. The van der Waals surface area contributed by atoms with Crippen molar-refractivity contribution < 1.29 is 0 Å². The van der Waals surface area contributed by atoms with Crippen molar-refractivity contribution in [1.82, 2.24) is 23.7 Å². The van der Waals surface area contributed by atoms with Crippen molar-refractivity contribution in [2.24, 2.45) is 0 Å². The van der Waals surface area contributed by atoms with E-state index < -0.39 is 0 Å². The summed E-state index contributed by atoms with van der Waals surface area (Å²) < 4.78 is 7.13. The first kappa shape index (κ1) is 38.9. The molecule has 69 heavy (non-hydrogen) atoms. The molecular weight excluding hydrogens is 839 g/mol. The molecule has 0 aliphatic carbocycles. The van der Waals surface area contributed by atoms with E-state index in [0.717, 1.165) is 66.7 Å². The van der Waals surface area contributed by atoms with Crippen LogP contribution in [0.3, 0.4) is 0 Å². The number of hydrogen-bond donors (Lipinski definition) is 0. The third kappa shape index (κ3) is 6.25. The van der Waals surface area contributed by atoms with Gasteiger partial charge in [0.25, 0.3) is 0 Å². The molecule has 14 aromatic rings. The van der Waals surface area contributed by atoms with E-state index in [1.807, 2.05) is 12.1 Å². The van der Waals surface area contributed by atoms with Gasteiger partial charge in [0.05, 0.1) is 44.5 Å². The van der Waals surface area contributed by atoms with Gasteiger partial charge < -0.3 is 9.13 Å². The highest BCUT2D eigenvalue weighted by molar-refractivity contribution is 6.29. The van der Waals surface area contributed by atoms with Gasteiger partial charge in [0.2, 0.25) is 5.95 Å². The summed E-state index contributed by atoms with van der Waals surface area (Å²) in [5.74, 6) is 0.628. The molecular formula is C64H41N5. The predicted octanol–water partition coefficient (Wildman–Crippen LogP) is 16.4. The molecule has 0 aliphatic rings. The van der Waals surface area contributed by atoms with Gasteiger partial charge in [-0.3, -0.25) is 4.57 Å². The first-order valence-corrected chi connectivity index (χ1v) is 23.5. The molecule has 0 saturated heterocycles. The monoisotopic (exact) mass is 879 g/mol. The summed E-state index contributed by atoms with van der Waals surface area (Å²) in [5, 5.41) is 7.20. The topological polar surface area (TPSA) is 40.6 Å². The number of aromatic nitrogens is 5. The van der Waals surface area contributed by atoms with Crippen LogP contribution in [0.1, 0.15) is 0 Å². The van der Waals surface area contributed by atoms with Crippen LogP contribution in [-0.2, 0) is 0 Å². The number of rotatable bonds is 7. The molecule has 0 fully saturated rings. The third-order valence-electron chi connectivity index (χ3n) is 13.9. The Morgan fingerprint density at radius 3 is 1.22 bits per heavy atom. The van der Waals surface area contributed by atoms with E-state index in [9.17, 15) is 0 Å². The molecule has 4 heterocycles. The van der Waals surface area contributed by atoms with E-state index in [1.54, 1.807) is 0 Å². The fourth-order valence-electron chi connectivity index (χ4n) is 10.7. The van der Waals surface area contributed by atoms with E-state index in [0.29, 0.717) is 5.95 Å². The van der Waals surface area contributed by atoms with Crippen LogP contribution in [0.4, 0.5) is 0 Å². The van der Waals surface area contributed by atoms with Crippen molar-refractivity contribution in [1.29, 1.82) is 0 Å². The molecule has 0 saturated carbocycles. The van der Waals surface area contributed by atoms with Crippen LogP contribution in [0.5, 0.6) is 0 Å². The normalized spacial score (nSPS) is 11.8. The van der Waals surface area contributed by atoms with Gasteiger partial charge in [-0.15, -0.1) is 0 Å². The quantitative estimate of drug-likeness (QED) is 0.160. The Morgan fingerprint density at radius 1 is 0.232 bits per heavy atom. The first-order valence-electron chi connectivity index (χ1n) is 23.5. The lowest BCUT2D eigenvalue weighted by atomic mass is 10.00. The van der Waals surface area contributed by atoms with Crippen molar-refractivity contribution in [3.05, 3.63) is 249 Å². The highest BCUT2D eigenvalue weighted by Crippen LogP contribution is 2.44. The summed E-state index contributed by atoms with van der Waals surface area (Å²) in [7, 11) is 0. The lowest BCUT2D eigenvalue weighted by Crippen LogP contribution is -2.04. The molecule has 0 unspecified atom stereocenters. The smallest absolute Gasteiger partial charge is 0.235 e. The molecule has 0 atom stereocenters. The van der Waals surface area contributed by atoms with E-state index in [2.05, 4.69) is 250 Å². The predicted molar refractivity (Wildman–Crippen MR) is 287 cm³/mol. The summed E-state index contributed by atoms with van der Waals surface area (Å²) in [6.45, 7) is 0. The molecule has 0 radical (unpaired) electrons. The molecule has 14 rings (SSSR count). The number of fused-ring (bicyclic) bond motifs is 10. The van der Waals surface area contributed by atoms with Gasteiger partial charge in [-0.05, 0) is 82.9 Å². The Hall–Kier alpha value is -9.32. The molecule has 0 amide bonds. The van der Waals surface area contributed by atoms with Crippen molar-refractivity contribution in [2.45, 2.75) is 0 Å². The highest BCUT2D eigenvalue weighted by Gasteiger charge is 2.23. The van der Waals surface area contributed by atoms with Gasteiger partial charge in [0.15, 0.2) is 0 Å². The van der Waals surface area contributed by atoms with Gasteiger partial charge in [-0.2, -0.15) is 0 Å². The lowest BCUT2D eigenvalue weighted by molar-refractivity contribution is 0.994. The Balaban J connectivity index is 0.971. The molecule has 0 N–H and O–H groups in total. The number of nitrogens with zero attached hydrogens (tertiary/aromatic N) is 5. The van der Waals surface area contributed by atoms with Crippen molar-refractivity contribution in [3.63, 3.8) is 0 Å². The van der Waals surface area contributed by atoms with E-state index in [4.69, 9.17) is 9.97 Å². The average molecular weight is 880 g/mol. The van der Waals surface area contributed by atoms with Crippen LogP contribution >= 0.6 is 0 Å². The Labute approximate surface area is 398 Å². The van der Waals surface area contributed by atoms with Crippen LogP contribution in [0.15, 0.2) is 249 Å². The summed E-state index contributed by atoms with van der Waals surface area (Å²) in [5.41, 5.74) is 17.5. The maximum atomic E-state index is 5.33. The minimum Gasteiger partial charge on any atom is -0.309 e. The number of para-hydroxylation sites is 3. The molecule has 322 valence electrons. The Kier molecular flexibility index (Phi) is 8.83. The molecule has 5 nitrogen and oxygen atoms in total. The summed E-state index contributed by atoms with van der Waals surface area (Å²) in [6, 6.07) is 89.2. The molecule has 4 aromatic heterocycles. The van der Waals surface area contributed by atoms with E-state index in [-0.39, 0.29) is 0 Å². The van der Waals surface area contributed by atoms with Crippen LogP contribution < -0.4 is 0 Å². The number of benzene rings is 10. The maximum absolute atomic E-state index is 5.33. The zero-order chi connectivity index (χ0) is 45.4. The van der Waals surface area contributed by atoms with Crippen molar-refractivity contribution in [2.75, 3.05) is 0 Å². The van der Waals surface area contributed by atoms with Gasteiger partial charge in [-0.1, -0.05) is 188 Å². The zero-order valence-electron chi connectivity index (χ0n) is 37.4. The zero-order valence-corrected chi connectivity index (χ0v) is 37.4. The largest absolute Gasteiger partial charge is 0.309 e. The Morgan fingerprint density at radius 2 is 0.652 bits per heavy atom. The fourth-order valence-corrected chi connectivity index (χ4v) is 10.7. The van der Waals surface area contributed by atoms with Crippen LogP contribution in [0, 0.1) is 0 Å². The van der Waals surface area contributed by atoms with Crippen molar-refractivity contribution >= 4 is 65.4 Å². The molecule has 10 aromatic carbocycles. The van der Waals surface area contributed by atoms with Crippen LogP contribution in [-0.4, -0.2) is 23.7 Å². The third-order valence-corrected chi connectivity index (χ3v) is 13.9.